The lowest BCUT2D eigenvalue weighted by molar-refractivity contribution is -0.140. The molecular formula is C16H18N2O4S. The van der Waals surface area contributed by atoms with Crippen molar-refractivity contribution in [2.75, 3.05) is 12.9 Å². The Kier molecular flexibility index (Phi) is 5.44. The first-order chi connectivity index (χ1) is 10.9. The summed E-state index contributed by atoms with van der Waals surface area (Å²) in [5, 5.41) is 12.5. The number of nitrogens with zero attached hydrogens (tertiary/aromatic N) is 1. The maximum atomic E-state index is 11.2. The van der Waals surface area contributed by atoms with Crippen LogP contribution in [0.25, 0.3) is 10.9 Å². The molecule has 1 unspecified atom stereocenters. The predicted molar refractivity (Wildman–Crippen MR) is 89.0 cm³/mol. The molecule has 1 atom stereocenters. The molecule has 0 fully saturated rings. The van der Waals surface area contributed by atoms with E-state index < -0.39 is 12.0 Å². The van der Waals surface area contributed by atoms with E-state index in [0.717, 1.165) is 21.5 Å². The lowest BCUT2D eigenvalue weighted by Crippen LogP contribution is -2.41. The molecule has 0 bridgehead atoms. The average molecular weight is 334 g/mol. The molecule has 0 aliphatic carbocycles. The van der Waals surface area contributed by atoms with Crippen molar-refractivity contribution < 1.29 is 19.4 Å². The number of nitrogens with one attached hydrogen (secondary N) is 1. The number of pyridine rings is 1. The Morgan fingerprint density at radius 2 is 2.13 bits per heavy atom. The third-order valence-corrected chi connectivity index (χ3v) is 4.34. The minimum Gasteiger partial charge on any atom is -0.497 e. The van der Waals surface area contributed by atoms with E-state index in [9.17, 15) is 14.7 Å². The number of carbonyl (C=O) groups excluding carboxylic acids is 1. The maximum absolute atomic E-state index is 11.2. The second kappa shape index (κ2) is 7.32. The van der Waals surface area contributed by atoms with E-state index in [1.807, 2.05) is 31.2 Å². The second-order valence-corrected chi connectivity index (χ2v) is 6.11. The van der Waals surface area contributed by atoms with Crippen LogP contribution in [0.2, 0.25) is 0 Å². The van der Waals surface area contributed by atoms with E-state index >= 15 is 0 Å². The minimum atomic E-state index is -1.06. The van der Waals surface area contributed by atoms with Crippen LogP contribution < -0.4 is 10.1 Å². The van der Waals surface area contributed by atoms with Gasteiger partial charge in [-0.25, -0.2) is 4.79 Å². The number of rotatable bonds is 6. The zero-order valence-electron chi connectivity index (χ0n) is 13.1. The van der Waals surface area contributed by atoms with Crippen LogP contribution in [0.15, 0.2) is 29.2 Å². The van der Waals surface area contributed by atoms with E-state index in [-0.39, 0.29) is 11.7 Å². The molecule has 0 saturated carbocycles. The molecule has 7 heteroatoms. The summed E-state index contributed by atoms with van der Waals surface area (Å²) in [5.41, 5.74) is 1.66. The number of carboxylic acids is 1. The molecule has 2 N–H and O–H groups in total. The molecule has 2 aromatic rings. The first-order valence-electron chi connectivity index (χ1n) is 6.99. The SMILES string of the molecule is COc1ccc2nc(C)cc(SCC(NC(C)=O)C(=O)O)c2c1. The molecule has 1 aromatic heterocycles. The van der Waals surface area contributed by atoms with Crippen LogP contribution in [-0.2, 0) is 9.59 Å². The van der Waals surface area contributed by atoms with Gasteiger partial charge in [-0.05, 0) is 31.2 Å². The number of carbonyl (C=O) groups is 2. The summed E-state index contributed by atoms with van der Waals surface area (Å²) in [4.78, 5) is 27.7. The van der Waals surface area contributed by atoms with E-state index in [0.29, 0.717) is 5.75 Å². The summed E-state index contributed by atoms with van der Waals surface area (Å²) in [6.07, 6.45) is 0. The van der Waals surface area contributed by atoms with Gasteiger partial charge in [0.25, 0.3) is 0 Å². The largest absolute Gasteiger partial charge is 0.497 e. The van der Waals surface area contributed by atoms with Gasteiger partial charge in [0.2, 0.25) is 5.91 Å². The topological polar surface area (TPSA) is 88.5 Å². The minimum absolute atomic E-state index is 0.227. The van der Waals surface area contributed by atoms with Crippen molar-refractivity contribution in [3.05, 3.63) is 30.0 Å². The van der Waals surface area contributed by atoms with Crippen molar-refractivity contribution in [2.24, 2.45) is 0 Å². The fourth-order valence-corrected chi connectivity index (χ4v) is 3.28. The summed E-state index contributed by atoms with van der Waals surface area (Å²) in [5.74, 6) is -0.484. The molecule has 1 aromatic carbocycles. The molecule has 2 rings (SSSR count). The van der Waals surface area contributed by atoms with E-state index in [1.54, 1.807) is 7.11 Å². The molecule has 122 valence electrons. The molecule has 0 aliphatic heterocycles. The Labute approximate surface area is 138 Å². The second-order valence-electron chi connectivity index (χ2n) is 5.05. The zero-order chi connectivity index (χ0) is 17.0. The zero-order valence-corrected chi connectivity index (χ0v) is 13.9. The monoisotopic (exact) mass is 334 g/mol. The number of aryl methyl sites for hydroxylation is 1. The van der Waals surface area contributed by atoms with Crippen molar-refractivity contribution in [2.45, 2.75) is 24.8 Å². The first-order valence-corrected chi connectivity index (χ1v) is 7.97. The number of hydrogen-bond donors (Lipinski definition) is 2. The highest BCUT2D eigenvalue weighted by molar-refractivity contribution is 7.99. The summed E-state index contributed by atoms with van der Waals surface area (Å²) in [7, 11) is 1.59. The van der Waals surface area contributed by atoms with Crippen molar-refractivity contribution in [1.29, 1.82) is 0 Å². The number of aliphatic carboxylic acids is 1. The number of ether oxygens (including phenoxy) is 1. The highest BCUT2D eigenvalue weighted by Crippen LogP contribution is 2.31. The fourth-order valence-electron chi connectivity index (χ4n) is 2.14. The van der Waals surface area contributed by atoms with Crippen molar-refractivity contribution in [1.82, 2.24) is 10.3 Å². The van der Waals surface area contributed by atoms with E-state index in [1.165, 1.54) is 18.7 Å². The molecule has 0 radical (unpaired) electrons. The summed E-state index contributed by atoms with van der Waals surface area (Å²) < 4.78 is 5.24. The van der Waals surface area contributed by atoms with E-state index in [4.69, 9.17) is 4.74 Å². The highest BCUT2D eigenvalue weighted by atomic mass is 32.2. The Balaban J connectivity index is 2.30. The van der Waals surface area contributed by atoms with Gasteiger partial charge >= 0.3 is 5.97 Å². The number of amides is 1. The third kappa shape index (κ3) is 4.35. The Hall–Kier alpha value is -2.28. The van der Waals surface area contributed by atoms with Crippen molar-refractivity contribution in [3.63, 3.8) is 0 Å². The quantitative estimate of drug-likeness (QED) is 0.788. The molecule has 0 spiro atoms. The van der Waals surface area contributed by atoms with Crippen molar-refractivity contribution in [3.8, 4) is 5.75 Å². The maximum Gasteiger partial charge on any atom is 0.327 e. The first kappa shape index (κ1) is 17.1. The Bertz CT molecular complexity index is 748. The van der Waals surface area contributed by atoms with E-state index in [2.05, 4.69) is 10.3 Å². The number of aromatic nitrogens is 1. The van der Waals surface area contributed by atoms with Crippen molar-refractivity contribution >= 4 is 34.5 Å². The van der Waals surface area contributed by atoms with Crippen LogP contribution in [0.4, 0.5) is 0 Å². The molecule has 0 aliphatic rings. The number of fused-ring (bicyclic) bond motifs is 1. The third-order valence-electron chi connectivity index (χ3n) is 3.19. The lowest BCUT2D eigenvalue weighted by atomic mass is 10.2. The van der Waals surface area contributed by atoms with Gasteiger partial charge in [0, 0.05) is 28.7 Å². The van der Waals surface area contributed by atoms with Crippen LogP contribution in [0.1, 0.15) is 12.6 Å². The van der Waals surface area contributed by atoms with Crippen LogP contribution in [0.5, 0.6) is 5.75 Å². The normalized spacial score (nSPS) is 12.0. The molecule has 6 nitrogen and oxygen atoms in total. The summed E-state index contributed by atoms with van der Waals surface area (Å²) in [6.45, 7) is 3.19. The highest BCUT2D eigenvalue weighted by Gasteiger charge is 2.19. The lowest BCUT2D eigenvalue weighted by Gasteiger charge is -2.14. The number of hydrogen-bond acceptors (Lipinski definition) is 5. The van der Waals surface area contributed by atoms with Gasteiger partial charge < -0.3 is 15.2 Å². The number of benzene rings is 1. The van der Waals surface area contributed by atoms with Gasteiger partial charge in [-0.2, -0.15) is 0 Å². The molecule has 1 amide bonds. The Morgan fingerprint density at radius 3 is 2.74 bits per heavy atom. The van der Waals surface area contributed by atoms with Crippen LogP contribution in [-0.4, -0.2) is 40.9 Å². The summed E-state index contributed by atoms with van der Waals surface area (Å²) in [6, 6.07) is 6.54. The van der Waals surface area contributed by atoms with Crippen LogP contribution in [0, 0.1) is 6.92 Å². The van der Waals surface area contributed by atoms with Gasteiger partial charge in [-0.15, -0.1) is 11.8 Å². The molecule has 23 heavy (non-hydrogen) atoms. The van der Waals surface area contributed by atoms with Crippen LogP contribution >= 0.6 is 11.8 Å². The smallest absolute Gasteiger partial charge is 0.327 e. The van der Waals surface area contributed by atoms with Gasteiger partial charge in [-0.1, -0.05) is 0 Å². The van der Waals surface area contributed by atoms with Gasteiger partial charge in [0.05, 0.1) is 12.6 Å². The molecule has 0 saturated heterocycles. The molecule has 1 heterocycles. The Morgan fingerprint density at radius 1 is 1.39 bits per heavy atom. The number of methoxy groups -OCH3 is 1. The fraction of sp³-hybridized carbons (Fsp3) is 0.312. The van der Waals surface area contributed by atoms with Gasteiger partial charge in [-0.3, -0.25) is 9.78 Å². The predicted octanol–water partition coefficient (Wildman–Crippen LogP) is 2.23. The number of thioether (sulfide) groups is 1. The van der Waals surface area contributed by atoms with Gasteiger partial charge in [0.1, 0.15) is 11.8 Å². The van der Waals surface area contributed by atoms with Gasteiger partial charge in [0.15, 0.2) is 0 Å². The summed E-state index contributed by atoms with van der Waals surface area (Å²) >= 11 is 1.37. The number of carboxylic acid groups (broad SMARTS) is 1. The molecular weight excluding hydrogens is 316 g/mol. The average Bonchev–Trinajstić information content (AvgIpc) is 2.50. The standard InChI is InChI=1S/C16H18N2O4S/c1-9-6-15(23-8-14(16(20)21)18-10(2)19)12-7-11(22-3)4-5-13(12)17-9/h4-7,14H,8H2,1-3H3,(H,18,19)(H,20,21). The van der Waals surface area contributed by atoms with Crippen LogP contribution in [0.3, 0.4) is 0 Å².